The van der Waals surface area contributed by atoms with E-state index in [1.165, 1.54) is 0 Å². The lowest BCUT2D eigenvalue weighted by atomic mass is 10.0. The van der Waals surface area contributed by atoms with Crippen molar-refractivity contribution in [2.45, 2.75) is 20.8 Å². The summed E-state index contributed by atoms with van der Waals surface area (Å²) in [6, 6.07) is 0. The summed E-state index contributed by atoms with van der Waals surface area (Å²) < 4.78 is 5.05. The van der Waals surface area contributed by atoms with Gasteiger partial charge in [0.1, 0.15) is 5.69 Å². The van der Waals surface area contributed by atoms with Crippen LogP contribution in [0.4, 0.5) is 5.13 Å². The third-order valence-corrected chi connectivity index (χ3v) is 5.46. The van der Waals surface area contributed by atoms with E-state index in [2.05, 4.69) is 19.8 Å². The molecule has 0 atom stereocenters. The van der Waals surface area contributed by atoms with Crippen molar-refractivity contribution in [3.63, 3.8) is 0 Å². The van der Waals surface area contributed by atoms with Crippen LogP contribution < -0.4 is 4.90 Å². The van der Waals surface area contributed by atoms with Crippen LogP contribution in [0, 0.1) is 13.8 Å². The number of aryl methyl sites for hydroxylation is 1. The Morgan fingerprint density at radius 3 is 2.62 bits per heavy atom. The van der Waals surface area contributed by atoms with Crippen molar-refractivity contribution in [3.8, 4) is 0 Å². The maximum Gasteiger partial charge on any atom is 0.355 e. The minimum absolute atomic E-state index is 0.0366. The Kier molecular flexibility index (Phi) is 5.73. The lowest BCUT2D eigenvalue weighted by Crippen LogP contribution is -2.48. The van der Waals surface area contributed by atoms with Crippen LogP contribution in [-0.2, 0) is 4.74 Å². The normalized spacial score (nSPS) is 15.3. The zero-order valence-corrected chi connectivity index (χ0v) is 16.2. The quantitative estimate of drug-likeness (QED) is 0.615. The Morgan fingerprint density at radius 2 is 2.00 bits per heavy atom. The van der Waals surface area contributed by atoms with Gasteiger partial charge in [-0.2, -0.15) is 0 Å². The number of nitrogens with zero attached hydrogens (tertiary/aromatic N) is 3. The zero-order chi connectivity index (χ0) is 18.7. The average Bonchev–Trinajstić information content (AvgIpc) is 3.24. The summed E-state index contributed by atoms with van der Waals surface area (Å²) in [4.78, 5) is 36.6. The molecule has 3 rings (SSSR count). The second-order valence-corrected chi connectivity index (χ2v) is 7.22. The van der Waals surface area contributed by atoms with E-state index in [1.54, 1.807) is 25.2 Å². The van der Waals surface area contributed by atoms with Crippen LogP contribution in [0.15, 0.2) is 11.6 Å². The van der Waals surface area contributed by atoms with Crippen LogP contribution in [-0.4, -0.2) is 66.0 Å². The highest BCUT2D eigenvalue weighted by molar-refractivity contribution is 7.13. The molecule has 0 radical (unpaired) electrons. The number of H-pyrrole nitrogens is 1. The fraction of sp³-hybridized carbons (Fsp3) is 0.500. The first-order valence-electron chi connectivity index (χ1n) is 8.77. The molecular formula is C18H24N4O3S. The topological polar surface area (TPSA) is 78.5 Å². The van der Waals surface area contributed by atoms with Gasteiger partial charge in [-0.05, 0) is 26.3 Å². The monoisotopic (exact) mass is 376 g/mol. The average molecular weight is 376 g/mol. The second-order valence-electron chi connectivity index (χ2n) is 6.35. The Balaban J connectivity index is 1.63. The predicted octanol–water partition coefficient (Wildman–Crippen LogP) is 2.27. The van der Waals surface area contributed by atoms with E-state index in [0.29, 0.717) is 30.0 Å². The summed E-state index contributed by atoms with van der Waals surface area (Å²) in [5, 5.41) is 3.01. The number of aromatic amines is 1. The number of Topliss-reactive ketones (excluding diaryl/α,β-unsaturated/α-hetero) is 1. The van der Waals surface area contributed by atoms with E-state index >= 15 is 0 Å². The molecule has 0 amide bonds. The van der Waals surface area contributed by atoms with Gasteiger partial charge in [0.05, 0.1) is 13.2 Å². The first-order valence-corrected chi connectivity index (χ1v) is 9.65. The van der Waals surface area contributed by atoms with E-state index in [4.69, 9.17) is 4.74 Å². The van der Waals surface area contributed by atoms with E-state index in [9.17, 15) is 9.59 Å². The summed E-state index contributed by atoms with van der Waals surface area (Å²) in [5.74, 6) is -0.376. The first kappa shape index (κ1) is 18.6. The molecule has 1 N–H and O–H groups in total. The summed E-state index contributed by atoms with van der Waals surface area (Å²) in [6.45, 7) is 9.40. The number of hydrogen-bond acceptors (Lipinski definition) is 7. The molecule has 0 unspecified atom stereocenters. The van der Waals surface area contributed by atoms with Gasteiger partial charge in [-0.1, -0.05) is 0 Å². The smallest absolute Gasteiger partial charge is 0.355 e. The highest BCUT2D eigenvalue weighted by Gasteiger charge is 2.26. The van der Waals surface area contributed by atoms with E-state index < -0.39 is 5.97 Å². The lowest BCUT2D eigenvalue weighted by Gasteiger charge is -2.34. The number of esters is 1. The minimum atomic E-state index is -0.413. The summed E-state index contributed by atoms with van der Waals surface area (Å²) >= 11 is 1.64. The van der Waals surface area contributed by atoms with Crippen LogP contribution in [0.2, 0.25) is 0 Å². The van der Waals surface area contributed by atoms with Crippen molar-refractivity contribution in [2.75, 3.05) is 44.2 Å². The molecule has 7 nitrogen and oxygen atoms in total. The molecule has 140 valence electrons. The number of piperazine rings is 1. The molecule has 0 saturated carbocycles. The SMILES string of the molecule is CCOC(=O)c1[nH]c(C)c(C(=O)CN2CCN(c3nccs3)CC2)c1C. The number of aromatic nitrogens is 2. The molecule has 0 aromatic carbocycles. The largest absolute Gasteiger partial charge is 0.461 e. The summed E-state index contributed by atoms with van der Waals surface area (Å²) in [6.07, 6.45) is 1.81. The van der Waals surface area contributed by atoms with Gasteiger partial charge < -0.3 is 14.6 Å². The summed E-state index contributed by atoms with van der Waals surface area (Å²) in [5.41, 5.74) is 2.38. The first-order chi connectivity index (χ1) is 12.5. The molecule has 0 aliphatic carbocycles. The molecule has 1 saturated heterocycles. The van der Waals surface area contributed by atoms with Gasteiger partial charge in [-0.15, -0.1) is 11.3 Å². The van der Waals surface area contributed by atoms with Gasteiger partial charge in [0.25, 0.3) is 0 Å². The molecule has 0 bridgehead atoms. The van der Waals surface area contributed by atoms with Crippen molar-refractivity contribution in [1.82, 2.24) is 14.9 Å². The Bertz CT molecular complexity index is 777. The fourth-order valence-electron chi connectivity index (χ4n) is 3.33. The second kappa shape index (κ2) is 8.01. The Labute approximate surface area is 157 Å². The number of thiazole rings is 1. The molecule has 0 spiro atoms. The number of ether oxygens (including phenoxy) is 1. The van der Waals surface area contributed by atoms with Crippen LogP contribution in [0.25, 0.3) is 0 Å². The molecule has 1 aliphatic rings. The lowest BCUT2D eigenvalue weighted by molar-refractivity contribution is 0.0519. The van der Waals surface area contributed by atoms with Gasteiger partial charge in [0, 0.05) is 49.0 Å². The molecule has 26 heavy (non-hydrogen) atoms. The third-order valence-electron chi connectivity index (χ3n) is 4.63. The fourth-order valence-corrected chi connectivity index (χ4v) is 4.02. The van der Waals surface area contributed by atoms with Crippen LogP contribution >= 0.6 is 11.3 Å². The highest BCUT2D eigenvalue weighted by Crippen LogP contribution is 2.21. The molecule has 1 aliphatic heterocycles. The van der Waals surface area contributed by atoms with Crippen LogP contribution in [0.3, 0.4) is 0 Å². The number of hydrogen-bond donors (Lipinski definition) is 1. The molecule has 8 heteroatoms. The van der Waals surface area contributed by atoms with Crippen LogP contribution in [0.1, 0.15) is 39.0 Å². The number of carbonyl (C=O) groups is 2. The number of rotatable bonds is 6. The van der Waals surface area contributed by atoms with Gasteiger partial charge >= 0.3 is 5.97 Å². The van der Waals surface area contributed by atoms with Gasteiger partial charge in [0.15, 0.2) is 10.9 Å². The van der Waals surface area contributed by atoms with Gasteiger partial charge in [-0.3, -0.25) is 9.69 Å². The maximum atomic E-state index is 12.8. The number of nitrogens with one attached hydrogen (secondary N) is 1. The molecule has 2 aromatic rings. The number of anilines is 1. The third kappa shape index (κ3) is 3.81. The van der Waals surface area contributed by atoms with Crippen molar-refractivity contribution < 1.29 is 14.3 Å². The Hall–Kier alpha value is -2.19. The van der Waals surface area contributed by atoms with Crippen molar-refractivity contribution >= 4 is 28.2 Å². The highest BCUT2D eigenvalue weighted by atomic mass is 32.1. The molecule has 2 aromatic heterocycles. The number of carbonyl (C=O) groups excluding carboxylic acids is 2. The van der Waals surface area contributed by atoms with E-state index in [-0.39, 0.29) is 5.78 Å². The van der Waals surface area contributed by atoms with E-state index in [1.807, 2.05) is 18.5 Å². The molecule has 1 fully saturated rings. The van der Waals surface area contributed by atoms with E-state index in [0.717, 1.165) is 37.0 Å². The zero-order valence-electron chi connectivity index (χ0n) is 15.4. The molecule has 3 heterocycles. The van der Waals surface area contributed by atoms with Crippen LogP contribution in [0.5, 0.6) is 0 Å². The Morgan fingerprint density at radius 1 is 1.27 bits per heavy atom. The standard InChI is InChI=1S/C18H24N4O3S/c1-4-25-17(24)16-12(2)15(13(3)20-16)14(23)11-21-6-8-22(9-7-21)18-19-5-10-26-18/h5,10,20H,4,6-9,11H2,1-3H3. The minimum Gasteiger partial charge on any atom is -0.461 e. The van der Waals surface area contributed by atoms with Gasteiger partial charge in [0.2, 0.25) is 0 Å². The van der Waals surface area contributed by atoms with Crippen molar-refractivity contribution in [1.29, 1.82) is 0 Å². The number of ketones is 1. The van der Waals surface area contributed by atoms with Gasteiger partial charge in [-0.25, -0.2) is 9.78 Å². The van der Waals surface area contributed by atoms with Crippen molar-refractivity contribution in [2.24, 2.45) is 0 Å². The van der Waals surface area contributed by atoms with Crippen molar-refractivity contribution in [3.05, 3.63) is 34.1 Å². The summed E-state index contributed by atoms with van der Waals surface area (Å²) in [7, 11) is 0. The predicted molar refractivity (Wildman–Crippen MR) is 101 cm³/mol. The maximum absolute atomic E-state index is 12.8. The molecular weight excluding hydrogens is 352 g/mol.